The Morgan fingerprint density at radius 2 is 2.17 bits per heavy atom. The van der Waals surface area contributed by atoms with Crippen LogP contribution >= 0.6 is 0 Å². The third kappa shape index (κ3) is 2.90. The third-order valence-electron chi connectivity index (χ3n) is 3.62. The third-order valence-corrected chi connectivity index (χ3v) is 3.62. The van der Waals surface area contributed by atoms with Crippen LogP contribution in [0, 0.1) is 0 Å². The topological polar surface area (TPSA) is 52.0 Å². The molecule has 0 saturated carbocycles. The van der Waals surface area contributed by atoms with Crippen LogP contribution in [-0.2, 0) is 18.3 Å². The average molecular weight is 252 g/mol. The van der Waals surface area contributed by atoms with Crippen LogP contribution in [0.4, 0.5) is 0 Å². The van der Waals surface area contributed by atoms with E-state index in [2.05, 4.69) is 40.9 Å². The second-order valence-electron chi connectivity index (χ2n) is 5.41. The molecular formula is C13H24N4O. The Bertz CT molecular complexity index is 382. The first-order chi connectivity index (χ1) is 8.59. The summed E-state index contributed by atoms with van der Waals surface area (Å²) in [5.74, 6) is 2.44. The van der Waals surface area contributed by atoms with Crippen LogP contribution in [0.5, 0.6) is 0 Å². The Kier molecular flexibility index (Phi) is 4.35. The Hall–Kier alpha value is -0.940. The van der Waals surface area contributed by atoms with Gasteiger partial charge in [-0.25, -0.2) is 0 Å². The van der Waals surface area contributed by atoms with Gasteiger partial charge in [-0.15, -0.1) is 10.2 Å². The summed E-state index contributed by atoms with van der Waals surface area (Å²) in [5, 5.41) is 12.0. The van der Waals surface area contributed by atoms with Gasteiger partial charge in [0.1, 0.15) is 11.6 Å². The van der Waals surface area contributed by atoms with Gasteiger partial charge in [-0.1, -0.05) is 13.8 Å². The van der Waals surface area contributed by atoms with Crippen molar-refractivity contribution in [2.24, 2.45) is 7.05 Å². The van der Waals surface area contributed by atoms with Crippen LogP contribution in [0.3, 0.4) is 0 Å². The van der Waals surface area contributed by atoms with Crippen LogP contribution in [0.2, 0.25) is 0 Å². The van der Waals surface area contributed by atoms with Crippen LogP contribution in [0.1, 0.15) is 51.2 Å². The molecule has 0 spiro atoms. The highest BCUT2D eigenvalue weighted by atomic mass is 16.5. The summed E-state index contributed by atoms with van der Waals surface area (Å²) in [6, 6.07) is 0.367. The number of nitrogens with zero attached hydrogens (tertiary/aromatic N) is 3. The zero-order chi connectivity index (χ0) is 13.1. The number of hydrogen-bond donors (Lipinski definition) is 1. The molecule has 1 aromatic rings. The van der Waals surface area contributed by atoms with Crippen molar-refractivity contribution in [3.63, 3.8) is 0 Å². The van der Waals surface area contributed by atoms with Crippen LogP contribution in [-0.4, -0.2) is 33.5 Å². The number of aromatic nitrogens is 3. The smallest absolute Gasteiger partial charge is 0.146 e. The van der Waals surface area contributed by atoms with Gasteiger partial charge in [0, 0.05) is 25.6 Å². The standard InChI is InChI=1S/C13H24N4O/c1-9(2)13-16-15-12(17(13)4)8-14-10(3)11-6-5-7-18-11/h9-11,14H,5-8H2,1-4H3/t10-,11-/m1/s1. The molecule has 1 fully saturated rings. The normalized spacial score (nSPS) is 21.7. The molecule has 2 heterocycles. The lowest BCUT2D eigenvalue weighted by molar-refractivity contribution is 0.0829. The minimum Gasteiger partial charge on any atom is -0.377 e. The van der Waals surface area contributed by atoms with Gasteiger partial charge >= 0.3 is 0 Å². The number of ether oxygens (including phenoxy) is 1. The summed E-state index contributed by atoms with van der Waals surface area (Å²) in [7, 11) is 2.03. The molecule has 0 amide bonds. The molecule has 2 atom stereocenters. The lowest BCUT2D eigenvalue weighted by atomic mass is 10.1. The van der Waals surface area contributed by atoms with Crippen molar-refractivity contribution in [3.8, 4) is 0 Å². The first-order valence-corrected chi connectivity index (χ1v) is 6.82. The second-order valence-corrected chi connectivity index (χ2v) is 5.41. The summed E-state index contributed by atoms with van der Waals surface area (Å²) >= 11 is 0. The van der Waals surface area contributed by atoms with E-state index >= 15 is 0 Å². The lowest BCUT2D eigenvalue weighted by Crippen LogP contribution is -2.37. The van der Waals surface area contributed by atoms with Gasteiger partial charge < -0.3 is 14.6 Å². The van der Waals surface area contributed by atoms with Crippen LogP contribution in [0.25, 0.3) is 0 Å². The maximum Gasteiger partial charge on any atom is 0.146 e. The number of rotatable bonds is 5. The van der Waals surface area contributed by atoms with Crippen molar-refractivity contribution in [2.75, 3.05) is 6.61 Å². The summed E-state index contributed by atoms with van der Waals surface area (Å²) in [6.07, 6.45) is 2.69. The van der Waals surface area contributed by atoms with Crippen molar-refractivity contribution < 1.29 is 4.74 Å². The van der Waals surface area contributed by atoms with E-state index in [0.717, 1.165) is 31.2 Å². The SMILES string of the molecule is CC(C)c1nnc(CN[C@H](C)[C@H]2CCCO2)n1C. The molecule has 5 nitrogen and oxygen atoms in total. The number of nitrogens with one attached hydrogen (secondary N) is 1. The van der Waals surface area contributed by atoms with Crippen molar-refractivity contribution in [1.29, 1.82) is 0 Å². The largest absolute Gasteiger partial charge is 0.377 e. The first-order valence-electron chi connectivity index (χ1n) is 6.82. The van der Waals surface area contributed by atoms with Crippen LogP contribution in [0.15, 0.2) is 0 Å². The summed E-state index contributed by atoms with van der Waals surface area (Å²) in [5.41, 5.74) is 0. The lowest BCUT2D eigenvalue weighted by Gasteiger charge is -2.19. The minimum atomic E-state index is 0.350. The van der Waals surface area contributed by atoms with E-state index in [4.69, 9.17) is 4.74 Å². The highest BCUT2D eigenvalue weighted by Crippen LogP contribution is 2.16. The van der Waals surface area contributed by atoms with Gasteiger partial charge in [0.05, 0.1) is 12.6 Å². The quantitative estimate of drug-likeness (QED) is 0.864. The molecule has 102 valence electrons. The first kappa shape index (κ1) is 13.5. The Balaban J connectivity index is 1.89. The molecular weight excluding hydrogens is 228 g/mol. The predicted octanol–water partition coefficient (Wildman–Crippen LogP) is 1.60. The van der Waals surface area contributed by atoms with Gasteiger partial charge in [0.25, 0.3) is 0 Å². The molecule has 2 rings (SSSR count). The highest BCUT2D eigenvalue weighted by molar-refractivity contribution is 4.99. The molecule has 1 aliphatic heterocycles. The zero-order valence-corrected chi connectivity index (χ0v) is 11.8. The molecule has 1 aromatic heterocycles. The van der Waals surface area contributed by atoms with Crippen molar-refractivity contribution in [2.45, 2.75) is 58.2 Å². The Labute approximate surface area is 109 Å². The summed E-state index contributed by atoms with van der Waals surface area (Å²) in [4.78, 5) is 0. The summed E-state index contributed by atoms with van der Waals surface area (Å²) in [6.45, 7) is 8.09. The molecule has 1 N–H and O–H groups in total. The van der Waals surface area contributed by atoms with E-state index in [9.17, 15) is 0 Å². The molecule has 0 aromatic carbocycles. The van der Waals surface area contributed by atoms with Crippen molar-refractivity contribution in [1.82, 2.24) is 20.1 Å². The predicted molar refractivity (Wildman–Crippen MR) is 70.4 cm³/mol. The molecule has 0 bridgehead atoms. The van der Waals surface area contributed by atoms with E-state index in [1.807, 2.05) is 7.05 Å². The highest BCUT2D eigenvalue weighted by Gasteiger charge is 2.22. The fourth-order valence-electron chi connectivity index (χ4n) is 2.41. The van der Waals surface area contributed by atoms with Crippen molar-refractivity contribution in [3.05, 3.63) is 11.6 Å². The molecule has 1 saturated heterocycles. The fraction of sp³-hybridized carbons (Fsp3) is 0.846. The molecule has 0 radical (unpaired) electrons. The fourth-order valence-corrected chi connectivity index (χ4v) is 2.41. The van der Waals surface area contributed by atoms with Gasteiger partial charge in [0.15, 0.2) is 0 Å². The Morgan fingerprint density at radius 1 is 1.39 bits per heavy atom. The molecule has 0 aliphatic carbocycles. The molecule has 18 heavy (non-hydrogen) atoms. The maximum absolute atomic E-state index is 5.67. The van der Waals surface area contributed by atoms with E-state index in [-0.39, 0.29) is 0 Å². The minimum absolute atomic E-state index is 0.350. The van der Waals surface area contributed by atoms with E-state index in [1.54, 1.807) is 0 Å². The van der Waals surface area contributed by atoms with Gasteiger partial charge in [-0.2, -0.15) is 0 Å². The van der Waals surface area contributed by atoms with Gasteiger partial charge in [-0.05, 0) is 19.8 Å². The monoisotopic (exact) mass is 252 g/mol. The second kappa shape index (κ2) is 5.80. The van der Waals surface area contributed by atoms with E-state index in [0.29, 0.717) is 18.1 Å². The van der Waals surface area contributed by atoms with E-state index in [1.165, 1.54) is 6.42 Å². The average Bonchev–Trinajstić information content (AvgIpc) is 2.95. The maximum atomic E-state index is 5.67. The molecule has 5 heteroatoms. The van der Waals surface area contributed by atoms with Crippen molar-refractivity contribution >= 4 is 0 Å². The van der Waals surface area contributed by atoms with Gasteiger partial charge in [-0.3, -0.25) is 0 Å². The van der Waals surface area contributed by atoms with Gasteiger partial charge in [0.2, 0.25) is 0 Å². The Morgan fingerprint density at radius 3 is 2.72 bits per heavy atom. The van der Waals surface area contributed by atoms with E-state index < -0.39 is 0 Å². The molecule has 1 aliphatic rings. The zero-order valence-electron chi connectivity index (χ0n) is 11.8. The van der Waals surface area contributed by atoms with Crippen LogP contribution < -0.4 is 5.32 Å². The number of hydrogen-bond acceptors (Lipinski definition) is 4. The molecule has 0 unspecified atom stereocenters. The summed E-state index contributed by atoms with van der Waals surface area (Å²) < 4.78 is 7.75.